The van der Waals surface area contributed by atoms with E-state index in [0.717, 1.165) is 49.9 Å². The summed E-state index contributed by atoms with van der Waals surface area (Å²) in [5.41, 5.74) is 1.05. The van der Waals surface area contributed by atoms with Crippen LogP contribution in [0.25, 0.3) is 0 Å². The molecule has 0 aliphatic rings. The van der Waals surface area contributed by atoms with Gasteiger partial charge in [-0.15, -0.1) is 0 Å². The summed E-state index contributed by atoms with van der Waals surface area (Å²) >= 11 is 5.90. The lowest BCUT2D eigenvalue weighted by molar-refractivity contribution is 0.230. The molecule has 0 aliphatic carbocycles. The third kappa shape index (κ3) is 8.20. The molecule has 7 heteroatoms. The topological polar surface area (TPSA) is 67.7 Å². The Balaban J connectivity index is 1.75. The average Bonchev–Trinajstić information content (AvgIpc) is 2.69. The van der Waals surface area contributed by atoms with Gasteiger partial charge in [0.15, 0.2) is 5.96 Å². The van der Waals surface area contributed by atoms with Crippen LogP contribution in [0.15, 0.2) is 52.3 Å². The molecule has 1 unspecified atom stereocenters. The van der Waals surface area contributed by atoms with Crippen molar-refractivity contribution in [2.75, 3.05) is 19.6 Å². The Morgan fingerprint density at radius 3 is 2.62 bits per heavy atom. The number of aliphatic imine (C=N–C) groups is 1. The molecule has 1 aromatic heterocycles. The van der Waals surface area contributed by atoms with Crippen molar-refractivity contribution in [1.29, 1.82) is 0 Å². The number of halogens is 1. The molecule has 1 aromatic carbocycles. The number of guanidine groups is 1. The minimum absolute atomic E-state index is 0.0560. The van der Waals surface area contributed by atoms with E-state index in [2.05, 4.69) is 15.6 Å². The molecular weight excluding hydrogens is 388 g/mol. The van der Waals surface area contributed by atoms with Crippen molar-refractivity contribution >= 4 is 17.6 Å². The number of rotatable bonds is 10. The van der Waals surface area contributed by atoms with Crippen LogP contribution in [0.5, 0.6) is 5.75 Å². The average molecular weight is 419 g/mol. The summed E-state index contributed by atoms with van der Waals surface area (Å²) in [5, 5.41) is 7.28. The zero-order valence-electron chi connectivity index (χ0n) is 17.5. The van der Waals surface area contributed by atoms with Gasteiger partial charge in [0.05, 0.1) is 6.54 Å². The number of aromatic nitrogens is 1. The number of aryl methyl sites for hydroxylation is 1. The largest absolute Gasteiger partial charge is 0.489 e. The zero-order valence-corrected chi connectivity index (χ0v) is 18.2. The highest BCUT2D eigenvalue weighted by atomic mass is 35.5. The molecular formula is C22H31ClN4O2. The first-order valence-electron chi connectivity index (χ1n) is 10.1. The van der Waals surface area contributed by atoms with Crippen LogP contribution >= 0.6 is 11.6 Å². The molecule has 2 rings (SSSR count). The monoisotopic (exact) mass is 418 g/mol. The first-order chi connectivity index (χ1) is 14.0. The molecule has 158 valence electrons. The Morgan fingerprint density at radius 1 is 1.17 bits per heavy atom. The summed E-state index contributed by atoms with van der Waals surface area (Å²) in [6.45, 7) is 8.83. The van der Waals surface area contributed by atoms with Gasteiger partial charge < -0.3 is 19.9 Å². The Bertz CT molecular complexity index is 833. The van der Waals surface area contributed by atoms with Gasteiger partial charge in [-0.2, -0.15) is 0 Å². The molecule has 6 nitrogen and oxygen atoms in total. The maximum absolute atomic E-state index is 11.9. The predicted molar refractivity (Wildman–Crippen MR) is 120 cm³/mol. The van der Waals surface area contributed by atoms with Crippen molar-refractivity contribution in [3.05, 3.63) is 63.5 Å². The standard InChI is InChI=1S/C22H31ClN4O2/c1-4-24-22(26-16-18(3)29-20-12-10-19(23)11-13-20)25-14-5-6-15-27-17(2)8-7-9-21(27)28/h7-13,18H,4-6,14-16H2,1-3H3,(H2,24,25,26). The Hall–Kier alpha value is -2.47. The van der Waals surface area contributed by atoms with Gasteiger partial charge in [-0.05, 0) is 63.9 Å². The summed E-state index contributed by atoms with van der Waals surface area (Å²) in [6.07, 6.45) is 1.81. The third-order valence-electron chi connectivity index (χ3n) is 4.37. The van der Waals surface area contributed by atoms with Crippen LogP contribution in [0.1, 0.15) is 32.4 Å². The first-order valence-corrected chi connectivity index (χ1v) is 10.5. The maximum atomic E-state index is 11.9. The lowest BCUT2D eigenvalue weighted by Crippen LogP contribution is -2.38. The molecule has 1 heterocycles. The minimum Gasteiger partial charge on any atom is -0.489 e. The van der Waals surface area contributed by atoms with Crippen LogP contribution in [0.4, 0.5) is 0 Å². The minimum atomic E-state index is -0.0560. The highest BCUT2D eigenvalue weighted by Crippen LogP contribution is 2.16. The fourth-order valence-corrected chi connectivity index (χ4v) is 2.98. The number of ether oxygens (including phenoxy) is 1. The molecule has 0 amide bonds. The van der Waals surface area contributed by atoms with Crippen LogP contribution < -0.4 is 20.9 Å². The molecule has 2 aromatic rings. The van der Waals surface area contributed by atoms with Gasteiger partial charge in [0, 0.05) is 36.4 Å². The summed E-state index contributed by atoms with van der Waals surface area (Å²) in [5.74, 6) is 1.55. The molecule has 0 spiro atoms. The molecule has 0 aliphatic heterocycles. The van der Waals surface area contributed by atoms with E-state index in [1.807, 2.05) is 55.7 Å². The number of unbranched alkanes of at least 4 members (excludes halogenated alkanes) is 1. The van der Waals surface area contributed by atoms with Crippen molar-refractivity contribution in [2.24, 2.45) is 4.99 Å². The summed E-state index contributed by atoms with van der Waals surface area (Å²) in [4.78, 5) is 16.5. The van der Waals surface area contributed by atoms with Crippen LogP contribution in [-0.2, 0) is 6.54 Å². The second-order valence-corrected chi connectivity index (χ2v) is 7.33. The lowest BCUT2D eigenvalue weighted by atomic mass is 10.3. The summed E-state index contributed by atoms with van der Waals surface area (Å²) in [7, 11) is 0. The highest BCUT2D eigenvalue weighted by Gasteiger charge is 2.05. The first kappa shape index (κ1) is 22.8. The normalized spacial score (nSPS) is 12.5. The van der Waals surface area contributed by atoms with Gasteiger partial charge in [0.2, 0.25) is 0 Å². The van der Waals surface area contributed by atoms with E-state index < -0.39 is 0 Å². The van der Waals surface area contributed by atoms with E-state index in [0.29, 0.717) is 11.6 Å². The third-order valence-corrected chi connectivity index (χ3v) is 4.62. The number of hydrogen-bond acceptors (Lipinski definition) is 3. The van der Waals surface area contributed by atoms with E-state index >= 15 is 0 Å². The smallest absolute Gasteiger partial charge is 0.250 e. The maximum Gasteiger partial charge on any atom is 0.250 e. The second kappa shape index (κ2) is 12.2. The van der Waals surface area contributed by atoms with Gasteiger partial charge in [0.1, 0.15) is 11.9 Å². The van der Waals surface area contributed by atoms with Crippen molar-refractivity contribution in [3.63, 3.8) is 0 Å². The van der Waals surface area contributed by atoms with Gasteiger partial charge >= 0.3 is 0 Å². The Morgan fingerprint density at radius 2 is 1.93 bits per heavy atom. The quantitative estimate of drug-likeness (QED) is 0.351. The van der Waals surface area contributed by atoms with Gasteiger partial charge in [-0.25, -0.2) is 4.99 Å². The Labute approximate surface area is 178 Å². The molecule has 29 heavy (non-hydrogen) atoms. The summed E-state index contributed by atoms with van der Waals surface area (Å²) < 4.78 is 7.67. The van der Waals surface area contributed by atoms with E-state index in [4.69, 9.17) is 16.3 Å². The van der Waals surface area contributed by atoms with E-state index in [-0.39, 0.29) is 11.7 Å². The fourth-order valence-electron chi connectivity index (χ4n) is 2.86. The predicted octanol–water partition coefficient (Wildman–Crippen LogP) is 3.61. The van der Waals surface area contributed by atoms with Crippen molar-refractivity contribution in [1.82, 2.24) is 15.2 Å². The van der Waals surface area contributed by atoms with E-state index in [9.17, 15) is 4.79 Å². The molecule has 0 bridgehead atoms. The fraction of sp³-hybridized carbons (Fsp3) is 0.455. The molecule has 0 fully saturated rings. The van der Waals surface area contributed by atoms with Crippen molar-refractivity contribution in [2.45, 2.75) is 46.3 Å². The molecule has 2 N–H and O–H groups in total. The van der Waals surface area contributed by atoms with Crippen LogP contribution in [0.3, 0.4) is 0 Å². The number of nitrogens with zero attached hydrogens (tertiary/aromatic N) is 2. The number of pyridine rings is 1. The van der Waals surface area contributed by atoms with Gasteiger partial charge in [-0.3, -0.25) is 4.79 Å². The SMILES string of the molecule is CCNC(=NCC(C)Oc1ccc(Cl)cc1)NCCCCn1c(C)cccc1=O. The van der Waals surface area contributed by atoms with Crippen LogP contribution in [0, 0.1) is 6.92 Å². The summed E-state index contributed by atoms with van der Waals surface area (Å²) in [6, 6.07) is 12.7. The Kier molecular flexibility index (Phi) is 9.57. The molecule has 0 radical (unpaired) electrons. The lowest BCUT2D eigenvalue weighted by Gasteiger charge is -2.15. The number of hydrogen-bond donors (Lipinski definition) is 2. The van der Waals surface area contributed by atoms with Gasteiger partial charge in [-0.1, -0.05) is 17.7 Å². The number of nitrogens with one attached hydrogen (secondary N) is 2. The molecule has 0 saturated carbocycles. The van der Waals surface area contributed by atoms with E-state index in [1.54, 1.807) is 12.1 Å². The molecule has 0 saturated heterocycles. The molecule has 1 atom stereocenters. The van der Waals surface area contributed by atoms with E-state index in [1.165, 1.54) is 0 Å². The zero-order chi connectivity index (χ0) is 21.1. The highest BCUT2D eigenvalue weighted by molar-refractivity contribution is 6.30. The number of benzene rings is 1. The second-order valence-electron chi connectivity index (χ2n) is 6.89. The van der Waals surface area contributed by atoms with Crippen molar-refractivity contribution in [3.8, 4) is 5.75 Å². The van der Waals surface area contributed by atoms with Crippen LogP contribution in [0.2, 0.25) is 5.02 Å². The van der Waals surface area contributed by atoms with Crippen molar-refractivity contribution < 1.29 is 4.74 Å². The van der Waals surface area contributed by atoms with Crippen LogP contribution in [-0.4, -0.2) is 36.3 Å². The van der Waals surface area contributed by atoms with Gasteiger partial charge in [0.25, 0.3) is 5.56 Å².